The van der Waals surface area contributed by atoms with Gasteiger partial charge in [0.2, 0.25) is 0 Å². The van der Waals surface area contributed by atoms with Crippen LogP contribution in [0.5, 0.6) is 0 Å². The predicted octanol–water partition coefficient (Wildman–Crippen LogP) is 4.63. The first kappa shape index (κ1) is 10.1. The summed E-state index contributed by atoms with van der Waals surface area (Å²) in [5, 5.41) is 2.44. The summed E-state index contributed by atoms with van der Waals surface area (Å²) in [5.74, 6) is 0.860. The molecule has 0 N–H and O–H groups in total. The number of alkyl halides is 1. The average molecular weight is 247 g/mol. The fraction of sp³-hybridized carbons (Fsp3) is 0.200. The minimum Gasteiger partial charge on any atom is -0.469 e. The SMILES string of the molecule is Cc1cc(C(Cl)c2sccc2Cl)co1. The monoisotopic (exact) mass is 246 g/mol. The number of hydrogen-bond donors (Lipinski definition) is 0. The standard InChI is InChI=1S/C10H8Cl2OS/c1-6-4-7(5-13-6)9(12)10-8(11)2-3-14-10/h2-5,9H,1H3. The summed E-state index contributed by atoms with van der Waals surface area (Å²) >= 11 is 13.8. The van der Waals surface area contributed by atoms with Crippen molar-refractivity contribution < 1.29 is 4.42 Å². The maximum absolute atomic E-state index is 6.26. The van der Waals surface area contributed by atoms with Crippen molar-refractivity contribution >= 4 is 34.5 Å². The summed E-state index contributed by atoms with van der Waals surface area (Å²) in [4.78, 5) is 0.967. The molecule has 0 spiro atoms. The third-order valence-electron chi connectivity index (χ3n) is 1.92. The van der Waals surface area contributed by atoms with E-state index in [4.69, 9.17) is 27.6 Å². The number of aryl methyl sites for hydroxylation is 1. The van der Waals surface area contributed by atoms with Crippen molar-refractivity contribution in [3.8, 4) is 0 Å². The molecule has 0 aliphatic carbocycles. The van der Waals surface area contributed by atoms with Gasteiger partial charge < -0.3 is 4.42 Å². The van der Waals surface area contributed by atoms with Gasteiger partial charge in [0, 0.05) is 10.4 Å². The maximum Gasteiger partial charge on any atom is 0.101 e. The van der Waals surface area contributed by atoms with Gasteiger partial charge >= 0.3 is 0 Å². The maximum atomic E-state index is 6.26. The van der Waals surface area contributed by atoms with Crippen LogP contribution in [0.3, 0.4) is 0 Å². The Morgan fingerprint density at radius 1 is 1.50 bits per heavy atom. The van der Waals surface area contributed by atoms with E-state index in [2.05, 4.69) is 0 Å². The molecule has 0 saturated carbocycles. The van der Waals surface area contributed by atoms with Gasteiger partial charge in [0.15, 0.2) is 0 Å². The van der Waals surface area contributed by atoms with Crippen molar-refractivity contribution in [3.05, 3.63) is 45.0 Å². The predicted molar refractivity (Wildman–Crippen MR) is 60.5 cm³/mol. The normalized spacial score (nSPS) is 13.1. The van der Waals surface area contributed by atoms with Crippen LogP contribution in [-0.4, -0.2) is 0 Å². The van der Waals surface area contributed by atoms with Crippen LogP contribution >= 0.6 is 34.5 Å². The van der Waals surface area contributed by atoms with E-state index in [1.807, 2.05) is 24.4 Å². The zero-order valence-electron chi connectivity index (χ0n) is 7.46. The highest BCUT2D eigenvalue weighted by Gasteiger charge is 2.17. The Morgan fingerprint density at radius 2 is 2.29 bits per heavy atom. The molecule has 0 amide bonds. The molecule has 0 saturated heterocycles. The van der Waals surface area contributed by atoms with Crippen LogP contribution in [0.4, 0.5) is 0 Å². The minimum absolute atomic E-state index is 0.208. The van der Waals surface area contributed by atoms with E-state index in [1.165, 1.54) is 0 Å². The highest BCUT2D eigenvalue weighted by Crippen LogP contribution is 2.37. The van der Waals surface area contributed by atoms with Gasteiger partial charge in [0.25, 0.3) is 0 Å². The summed E-state index contributed by atoms with van der Waals surface area (Å²) in [5.41, 5.74) is 0.952. The molecule has 0 bridgehead atoms. The summed E-state index contributed by atoms with van der Waals surface area (Å²) in [6.07, 6.45) is 1.67. The van der Waals surface area contributed by atoms with Gasteiger partial charge in [-0.1, -0.05) is 11.6 Å². The van der Waals surface area contributed by atoms with Crippen molar-refractivity contribution in [2.45, 2.75) is 12.3 Å². The van der Waals surface area contributed by atoms with E-state index in [9.17, 15) is 0 Å². The molecular formula is C10H8Cl2OS. The summed E-state index contributed by atoms with van der Waals surface area (Å²) in [7, 11) is 0. The van der Waals surface area contributed by atoms with Crippen LogP contribution < -0.4 is 0 Å². The Kier molecular flexibility index (Phi) is 2.86. The van der Waals surface area contributed by atoms with Crippen LogP contribution in [0.2, 0.25) is 5.02 Å². The molecule has 0 aromatic carbocycles. The molecule has 1 atom stereocenters. The lowest BCUT2D eigenvalue weighted by molar-refractivity contribution is 0.532. The number of hydrogen-bond acceptors (Lipinski definition) is 2. The summed E-state index contributed by atoms with van der Waals surface area (Å²) < 4.78 is 5.20. The minimum atomic E-state index is -0.208. The van der Waals surface area contributed by atoms with Gasteiger partial charge in [-0.25, -0.2) is 0 Å². The zero-order valence-corrected chi connectivity index (χ0v) is 9.79. The second-order valence-electron chi connectivity index (χ2n) is 2.99. The van der Waals surface area contributed by atoms with Gasteiger partial charge in [-0.15, -0.1) is 22.9 Å². The highest BCUT2D eigenvalue weighted by atomic mass is 35.5. The van der Waals surface area contributed by atoms with Crippen LogP contribution in [0.15, 0.2) is 28.2 Å². The van der Waals surface area contributed by atoms with E-state index in [0.717, 1.165) is 16.2 Å². The van der Waals surface area contributed by atoms with Crippen molar-refractivity contribution in [3.63, 3.8) is 0 Å². The van der Waals surface area contributed by atoms with Gasteiger partial charge in [0.05, 0.1) is 16.7 Å². The van der Waals surface area contributed by atoms with Crippen LogP contribution in [0.25, 0.3) is 0 Å². The lowest BCUT2D eigenvalue weighted by Crippen LogP contribution is -1.87. The zero-order chi connectivity index (χ0) is 10.1. The highest BCUT2D eigenvalue weighted by molar-refractivity contribution is 7.11. The van der Waals surface area contributed by atoms with Crippen molar-refractivity contribution in [1.82, 2.24) is 0 Å². The molecule has 4 heteroatoms. The molecule has 0 aliphatic heterocycles. The van der Waals surface area contributed by atoms with Crippen molar-refractivity contribution in [2.75, 3.05) is 0 Å². The molecule has 2 aromatic heterocycles. The molecule has 2 aromatic rings. The van der Waals surface area contributed by atoms with E-state index >= 15 is 0 Å². The number of rotatable bonds is 2. The lowest BCUT2D eigenvalue weighted by Gasteiger charge is -2.03. The van der Waals surface area contributed by atoms with E-state index in [-0.39, 0.29) is 5.38 Å². The van der Waals surface area contributed by atoms with Gasteiger partial charge in [-0.05, 0) is 24.4 Å². The smallest absolute Gasteiger partial charge is 0.101 e. The van der Waals surface area contributed by atoms with E-state index in [1.54, 1.807) is 17.6 Å². The number of thiophene rings is 1. The molecule has 1 nitrogen and oxygen atoms in total. The Morgan fingerprint density at radius 3 is 2.79 bits per heavy atom. The summed E-state index contributed by atoms with van der Waals surface area (Å²) in [6, 6.07) is 3.78. The average Bonchev–Trinajstić information content (AvgIpc) is 2.73. The van der Waals surface area contributed by atoms with E-state index in [0.29, 0.717) is 5.02 Å². The Hall–Kier alpha value is -0.440. The first-order chi connectivity index (χ1) is 6.68. The first-order valence-corrected chi connectivity index (χ1v) is 5.80. The van der Waals surface area contributed by atoms with E-state index < -0.39 is 0 Å². The quantitative estimate of drug-likeness (QED) is 0.705. The van der Waals surface area contributed by atoms with Gasteiger partial charge in [-0.3, -0.25) is 0 Å². The summed E-state index contributed by atoms with van der Waals surface area (Å²) in [6.45, 7) is 1.89. The molecule has 0 fully saturated rings. The topological polar surface area (TPSA) is 13.1 Å². The molecule has 14 heavy (non-hydrogen) atoms. The third-order valence-corrected chi connectivity index (χ3v) is 3.94. The molecule has 2 heterocycles. The molecule has 74 valence electrons. The second kappa shape index (κ2) is 3.97. The first-order valence-electron chi connectivity index (χ1n) is 4.10. The van der Waals surface area contributed by atoms with Gasteiger partial charge in [-0.2, -0.15) is 0 Å². The fourth-order valence-corrected chi connectivity index (χ4v) is 2.84. The molecular weight excluding hydrogens is 239 g/mol. The Bertz CT molecular complexity index is 433. The number of halogens is 2. The second-order valence-corrected chi connectivity index (χ2v) is 4.78. The molecule has 2 rings (SSSR count). The molecule has 1 unspecified atom stereocenters. The van der Waals surface area contributed by atoms with Crippen molar-refractivity contribution in [1.29, 1.82) is 0 Å². The van der Waals surface area contributed by atoms with Crippen LogP contribution in [0, 0.1) is 6.92 Å². The largest absolute Gasteiger partial charge is 0.469 e. The molecule has 0 aliphatic rings. The van der Waals surface area contributed by atoms with Gasteiger partial charge in [0.1, 0.15) is 5.76 Å². The van der Waals surface area contributed by atoms with Crippen LogP contribution in [0.1, 0.15) is 21.6 Å². The Balaban J connectivity index is 2.33. The Labute approximate surface area is 96.3 Å². The van der Waals surface area contributed by atoms with Crippen molar-refractivity contribution in [2.24, 2.45) is 0 Å². The lowest BCUT2D eigenvalue weighted by atomic mass is 10.2. The fourth-order valence-electron chi connectivity index (χ4n) is 1.23. The third kappa shape index (κ3) is 1.83. The number of furan rings is 1. The molecule has 0 radical (unpaired) electrons. The van der Waals surface area contributed by atoms with Crippen LogP contribution in [-0.2, 0) is 0 Å².